The monoisotopic (exact) mass is 331 g/mol. The molecule has 128 valence electrons. The van der Waals surface area contributed by atoms with Crippen LogP contribution < -0.4 is 10.1 Å². The fourth-order valence-electron chi connectivity index (χ4n) is 2.17. The lowest BCUT2D eigenvalue weighted by Gasteiger charge is -2.13. The Bertz CT molecular complexity index is 696. The smallest absolute Gasteiger partial charge is 0.342 e. The van der Waals surface area contributed by atoms with Crippen molar-refractivity contribution in [2.24, 2.45) is 12.0 Å². The normalized spacial score (nSPS) is 11.8. The molecule has 1 N–H and O–H groups in total. The number of hydrogen-bond donors (Lipinski definition) is 1. The number of aliphatic imine (C=N–C) groups is 1. The Morgan fingerprint density at radius 3 is 2.71 bits per heavy atom. The molecule has 0 aliphatic heterocycles. The molecule has 0 radical (unpaired) electrons. The van der Waals surface area contributed by atoms with E-state index in [-0.39, 0.29) is 5.82 Å². The molecule has 0 aliphatic rings. The van der Waals surface area contributed by atoms with Crippen molar-refractivity contribution >= 4 is 18.2 Å². The SMILES string of the molecule is C=NC(Oc1ccc(NCCCC)cc1)c1ncc([N+](=O)[O-])n1C. The average molecular weight is 331 g/mol. The van der Waals surface area contributed by atoms with Crippen LogP contribution in [0.2, 0.25) is 0 Å². The van der Waals surface area contributed by atoms with Gasteiger partial charge in [-0.1, -0.05) is 13.3 Å². The minimum atomic E-state index is -0.817. The molecule has 0 bridgehead atoms. The number of imidazole rings is 1. The molecule has 0 saturated heterocycles. The van der Waals surface area contributed by atoms with Crippen LogP contribution in [0.5, 0.6) is 5.75 Å². The summed E-state index contributed by atoms with van der Waals surface area (Å²) in [4.78, 5) is 18.3. The van der Waals surface area contributed by atoms with Crippen molar-refractivity contribution in [3.8, 4) is 5.75 Å². The van der Waals surface area contributed by atoms with Gasteiger partial charge >= 0.3 is 5.82 Å². The summed E-state index contributed by atoms with van der Waals surface area (Å²) in [6.07, 6.45) is 2.61. The van der Waals surface area contributed by atoms with Gasteiger partial charge in [-0.15, -0.1) is 0 Å². The van der Waals surface area contributed by atoms with E-state index in [4.69, 9.17) is 4.74 Å². The van der Waals surface area contributed by atoms with Crippen molar-refractivity contribution in [3.05, 3.63) is 46.4 Å². The van der Waals surface area contributed by atoms with Gasteiger partial charge in [0.2, 0.25) is 0 Å². The first-order valence-corrected chi connectivity index (χ1v) is 7.69. The lowest BCUT2D eigenvalue weighted by atomic mass is 10.3. The second-order valence-corrected chi connectivity index (χ2v) is 5.25. The average Bonchev–Trinajstić information content (AvgIpc) is 2.96. The maximum absolute atomic E-state index is 10.9. The number of hydrogen-bond acceptors (Lipinski definition) is 6. The number of ether oxygens (including phenoxy) is 1. The van der Waals surface area contributed by atoms with Gasteiger partial charge < -0.3 is 20.2 Å². The summed E-state index contributed by atoms with van der Waals surface area (Å²) in [5, 5.41) is 14.2. The van der Waals surface area contributed by atoms with Crippen molar-refractivity contribution in [1.29, 1.82) is 0 Å². The summed E-state index contributed by atoms with van der Waals surface area (Å²) < 4.78 is 7.07. The van der Waals surface area contributed by atoms with E-state index in [0.717, 1.165) is 25.1 Å². The molecule has 1 aromatic heterocycles. The number of nitrogens with one attached hydrogen (secondary N) is 1. The third kappa shape index (κ3) is 4.09. The summed E-state index contributed by atoms with van der Waals surface area (Å²) in [5.41, 5.74) is 1.01. The summed E-state index contributed by atoms with van der Waals surface area (Å²) in [7, 11) is 1.54. The number of anilines is 1. The Hall–Kier alpha value is -2.90. The standard InChI is InChI=1S/C16H21N5O3/c1-4-5-10-18-12-6-8-13(9-7-12)24-16(17-2)15-19-11-14(20(15)3)21(22)23/h6-9,11,16,18H,2,4-5,10H2,1,3H3. The molecule has 2 rings (SSSR count). The van der Waals surface area contributed by atoms with Crippen LogP contribution in [0.3, 0.4) is 0 Å². The molecule has 0 amide bonds. The highest BCUT2D eigenvalue weighted by Gasteiger charge is 2.25. The van der Waals surface area contributed by atoms with Gasteiger partial charge in [-0.05, 0) is 42.3 Å². The van der Waals surface area contributed by atoms with Gasteiger partial charge in [0.1, 0.15) is 11.9 Å². The lowest BCUT2D eigenvalue weighted by molar-refractivity contribution is -0.391. The van der Waals surface area contributed by atoms with Crippen molar-refractivity contribution < 1.29 is 9.66 Å². The largest absolute Gasteiger partial charge is 0.459 e. The van der Waals surface area contributed by atoms with E-state index >= 15 is 0 Å². The second kappa shape index (κ2) is 8.09. The lowest BCUT2D eigenvalue weighted by Crippen LogP contribution is -2.12. The van der Waals surface area contributed by atoms with Gasteiger partial charge in [-0.3, -0.25) is 0 Å². The van der Waals surface area contributed by atoms with Crippen LogP contribution in [-0.2, 0) is 7.05 Å². The van der Waals surface area contributed by atoms with Crippen molar-refractivity contribution in [2.75, 3.05) is 11.9 Å². The Labute approximate surface area is 140 Å². The molecular formula is C16H21N5O3. The molecular weight excluding hydrogens is 310 g/mol. The Morgan fingerprint density at radius 2 is 2.17 bits per heavy atom. The fourth-order valence-corrected chi connectivity index (χ4v) is 2.17. The fraction of sp³-hybridized carbons (Fsp3) is 0.375. The summed E-state index contributed by atoms with van der Waals surface area (Å²) in [5.74, 6) is 0.777. The molecule has 2 aromatic rings. The third-order valence-corrected chi connectivity index (χ3v) is 3.53. The zero-order valence-electron chi connectivity index (χ0n) is 13.8. The Kier molecular flexibility index (Phi) is 5.89. The zero-order chi connectivity index (χ0) is 17.5. The summed E-state index contributed by atoms with van der Waals surface area (Å²) >= 11 is 0. The highest BCUT2D eigenvalue weighted by Crippen LogP contribution is 2.25. The first kappa shape index (κ1) is 17.5. The first-order chi connectivity index (χ1) is 11.6. The molecule has 1 atom stereocenters. The van der Waals surface area contributed by atoms with Crippen LogP contribution in [0.15, 0.2) is 35.5 Å². The van der Waals surface area contributed by atoms with Crippen molar-refractivity contribution in [3.63, 3.8) is 0 Å². The summed E-state index contributed by atoms with van der Waals surface area (Å²) in [6, 6.07) is 7.44. The molecule has 0 spiro atoms. The molecule has 1 heterocycles. The van der Waals surface area contributed by atoms with E-state index in [1.807, 2.05) is 24.3 Å². The van der Waals surface area contributed by atoms with E-state index in [1.165, 1.54) is 10.8 Å². The van der Waals surface area contributed by atoms with Gasteiger partial charge in [0.25, 0.3) is 12.1 Å². The quantitative estimate of drug-likeness (QED) is 0.329. The predicted octanol–water partition coefficient (Wildman–Crippen LogP) is 3.32. The van der Waals surface area contributed by atoms with Crippen LogP contribution in [-0.4, -0.2) is 27.7 Å². The molecule has 8 nitrogen and oxygen atoms in total. The van der Waals surface area contributed by atoms with Crippen LogP contribution in [0, 0.1) is 10.1 Å². The predicted molar refractivity (Wildman–Crippen MR) is 92.6 cm³/mol. The molecule has 0 saturated carbocycles. The van der Waals surface area contributed by atoms with E-state index in [1.54, 1.807) is 7.05 Å². The van der Waals surface area contributed by atoms with Gasteiger partial charge in [0, 0.05) is 12.2 Å². The van der Waals surface area contributed by atoms with Gasteiger partial charge in [-0.25, -0.2) is 14.5 Å². The first-order valence-electron chi connectivity index (χ1n) is 7.69. The van der Waals surface area contributed by atoms with Gasteiger partial charge in [0.05, 0.1) is 7.05 Å². The molecule has 0 aliphatic carbocycles. The zero-order valence-corrected chi connectivity index (χ0v) is 13.8. The number of nitro groups is 1. The van der Waals surface area contributed by atoms with Crippen LogP contribution in [0.25, 0.3) is 0 Å². The number of aromatic nitrogens is 2. The van der Waals surface area contributed by atoms with Gasteiger partial charge in [-0.2, -0.15) is 0 Å². The van der Waals surface area contributed by atoms with Crippen molar-refractivity contribution in [2.45, 2.75) is 26.0 Å². The topological polar surface area (TPSA) is 94.6 Å². The Morgan fingerprint density at radius 1 is 1.46 bits per heavy atom. The van der Waals surface area contributed by atoms with Crippen LogP contribution in [0.4, 0.5) is 11.5 Å². The Balaban J connectivity index is 2.07. The summed E-state index contributed by atoms with van der Waals surface area (Å²) in [6.45, 7) is 6.55. The van der Waals surface area contributed by atoms with E-state index in [9.17, 15) is 10.1 Å². The van der Waals surface area contributed by atoms with Gasteiger partial charge in [0.15, 0.2) is 0 Å². The minimum absolute atomic E-state index is 0.127. The highest BCUT2D eigenvalue weighted by atomic mass is 16.6. The molecule has 24 heavy (non-hydrogen) atoms. The van der Waals surface area contributed by atoms with Crippen molar-refractivity contribution in [1.82, 2.24) is 9.55 Å². The molecule has 8 heteroatoms. The number of benzene rings is 1. The second-order valence-electron chi connectivity index (χ2n) is 5.25. The number of rotatable bonds is 9. The van der Waals surface area contributed by atoms with E-state index < -0.39 is 11.2 Å². The molecule has 1 aromatic carbocycles. The van der Waals surface area contributed by atoms with Crippen LogP contribution >= 0.6 is 0 Å². The number of nitrogens with zero attached hydrogens (tertiary/aromatic N) is 4. The van der Waals surface area contributed by atoms with Crippen LogP contribution in [0.1, 0.15) is 31.8 Å². The van der Waals surface area contributed by atoms with E-state index in [2.05, 4.69) is 28.9 Å². The van der Waals surface area contributed by atoms with E-state index in [0.29, 0.717) is 11.6 Å². The minimum Gasteiger partial charge on any atom is -0.459 e. The molecule has 0 fully saturated rings. The highest BCUT2D eigenvalue weighted by molar-refractivity contribution is 5.46. The third-order valence-electron chi connectivity index (χ3n) is 3.53. The maximum atomic E-state index is 10.9. The maximum Gasteiger partial charge on any atom is 0.342 e. The number of unbranched alkanes of at least 4 members (excludes halogenated alkanes) is 1. The molecule has 1 unspecified atom stereocenters.